The van der Waals surface area contributed by atoms with Crippen molar-refractivity contribution in [3.05, 3.63) is 47.5 Å². The summed E-state index contributed by atoms with van der Waals surface area (Å²) >= 11 is 0. The third-order valence-corrected chi connectivity index (χ3v) is 2.64. The fraction of sp³-hybridized carbons (Fsp3) is 0.286. The Morgan fingerprint density at radius 1 is 1.42 bits per heavy atom. The van der Waals surface area contributed by atoms with Crippen molar-refractivity contribution in [1.29, 1.82) is 5.26 Å². The van der Waals surface area contributed by atoms with E-state index in [1.165, 1.54) is 12.1 Å². The lowest BCUT2D eigenvalue weighted by atomic mass is 10.2. The van der Waals surface area contributed by atoms with Crippen LogP contribution in [0.15, 0.2) is 30.5 Å². The second kappa shape index (κ2) is 5.53. The van der Waals surface area contributed by atoms with E-state index in [1.54, 1.807) is 12.1 Å². The molecule has 98 valence electrons. The number of nitrogens with zero attached hydrogens (tertiary/aromatic N) is 3. The van der Waals surface area contributed by atoms with Gasteiger partial charge in [0.15, 0.2) is 0 Å². The van der Waals surface area contributed by atoms with Gasteiger partial charge in [-0.25, -0.2) is 4.39 Å². The summed E-state index contributed by atoms with van der Waals surface area (Å²) in [6, 6.07) is 8.10. The Morgan fingerprint density at radius 2 is 2.21 bits per heavy atom. The standard InChI is InChI=1S/C14H14FN3O/c1-10(2)18-6-5-12(17-18)9-19-13-4-3-11(8-16)14(15)7-13/h3-7,10H,9H2,1-2H3. The summed E-state index contributed by atoms with van der Waals surface area (Å²) in [5, 5.41) is 13.0. The van der Waals surface area contributed by atoms with Crippen LogP contribution in [0.4, 0.5) is 4.39 Å². The van der Waals surface area contributed by atoms with Crippen LogP contribution in [-0.2, 0) is 6.61 Å². The fourth-order valence-electron chi connectivity index (χ4n) is 1.58. The van der Waals surface area contributed by atoms with Gasteiger partial charge in [0.25, 0.3) is 0 Å². The largest absolute Gasteiger partial charge is 0.487 e. The molecule has 0 aliphatic heterocycles. The van der Waals surface area contributed by atoms with E-state index < -0.39 is 5.82 Å². The van der Waals surface area contributed by atoms with Gasteiger partial charge in [-0.3, -0.25) is 4.68 Å². The Morgan fingerprint density at radius 3 is 2.79 bits per heavy atom. The van der Waals surface area contributed by atoms with Gasteiger partial charge in [-0.15, -0.1) is 0 Å². The van der Waals surface area contributed by atoms with Gasteiger partial charge in [-0.05, 0) is 32.0 Å². The van der Waals surface area contributed by atoms with E-state index in [4.69, 9.17) is 10.00 Å². The number of hydrogen-bond donors (Lipinski definition) is 0. The summed E-state index contributed by atoms with van der Waals surface area (Å²) in [5.74, 6) is -0.191. The van der Waals surface area contributed by atoms with Crippen molar-refractivity contribution >= 4 is 0 Å². The van der Waals surface area contributed by atoms with Crippen molar-refractivity contribution in [2.24, 2.45) is 0 Å². The third-order valence-electron chi connectivity index (χ3n) is 2.64. The van der Waals surface area contributed by atoms with E-state index in [9.17, 15) is 4.39 Å². The van der Waals surface area contributed by atoms with Gasteiger partial charge in [0, 0.05) is 18.3 Å². The quantitative estimate of drug-likeness (QED) is 0.847. The zero-order valence-corrected chi connectivity index (χ0v) is 10.8. The Bertz CT molecular complexity index is 613. The zero-order chi connectivity index (χ0) is 13.8. The van der Waals surface area contributed by atoms with Crippen LogP contribution >= 0.6 is 0 Å². The SMILES string of the molecule is CC(C)n1ccc(COc2ccc(C#N)c(F)c2)n1. The smallest absolute Gasteiger partial charge is 0.144 e. The molecular formula is C14H14FN3O. The predicted octanol–water partition coefficient (Wildman–Crippen LogP) is 3.05. The number of benzene rings is 1. The molecule has 2 aromatic rings. The first-order chi connectivity index (χ1) is 9.10. The molecule has 1 aromatic heterocycles. The van der Waals surface area contributed by atoms with Crippen molar-refractivity contribution in [3.63, 3.8) is 0 Å². The monoisotopic (exact) mass is 259 g/mol. The molecule has 4 nitrogen and oxygen atoms in total. The van der Waals surface area contributed by atoms with Crippen LogP contribution in [0.25, 0.3) is 0 Å². The van der Waals surface area contributed by atoms with Crippen LogP contribution in [-0.4, -0.2) is 9.78 Å². The van der Waals surface area contributed by atoms with Gasteiger partial charge in [0.05, 0.1) is 11.3 Å². The van der Waals surface area contributed by atoms with Crippen molar-refractivity contribution in [3.8, 4) is 11.8 Å². The molecule has 1 heterocycles. The van der Waals surface area contributed by atoms with Crippen molar-refractivity contribution < 1.29 is 9.13 Å². The van der Waals surface area contributed by atoms with Crippen LogP contribution < -0.4 is 4.74 Å². The van der Waals surface area contributed by atoms with Gasteiger partial charge in [-0.2, -0.15) is 10.4 Å². The summed E-state index contributed by atoms with van der Waals surface area (Å²) in [6.45, 7) is 4.34. The second-order valence-corrected chi connectivity index (χ2v) is 4.42. The fourth-order valence-corrected chi connectivity index (χ4v) is 1.58. The van der Waals surface area contributed by atoms with Gasteiger partial charge >= 0.3 is 0 Å². The summed E-state index contributed by atoms with van der Waals surface area (Å²) in [6.07, 6.45) is 1.88. The number of nitriles is 1. The molecule has 19 heavy (non-hydrogen) atoms. The molecular weight excluding hydrogens is 245 g/mol. The van der Waals surface area contributed by atoms with E-state index in [0.717, 1.165) is 5.69 Å². The van der Waals surface area contributed by atoms with Gasteiger partial charge in [0.2, 0.25) is 0 Å². The Hall–Kier alpha value is -2.35. The predicted molar refractivity (Wildman–Crippen MR) is 68.1 cm³/mol. The molecule has 0 radical (unpaired) electrons. The lowest BCUT2D eigenvalue weighted by Crippen LogP contribution is -2.03. The molecule has 0 amide bonds. The third kappa shape index (κ3) is 3.10. The highest BCUT2D eigenvalue weighted by Crippen LogP contribution is 2.17. The second-order valence-electron chi connectivity index (χ2n) is 4.42. The highest BCUT2D eigenvalue weighted by molar-refractivity contribution is 5.36. The first-order valence-corrected chi connectivity index (χ1v) is 5.96. The summed E-state index contributed by atoms with van der Waals surface area (Å²) in [7, 11) is 0. The molecule has 0 N–H and O–H groups in total. The van der Waals surface area contributed by atoms with Crippen molar-refractivity contribution in [1.82, 2.24) is 9.78 Å². The molecule has 0 atom stereocenters. The van der Waals surface area contributed by atoms with Gasteiger partial charge in [0.1, 0.15) is 24.2 Å². The minimum atomic E-state index is -0.576. The summed E-state index contributed by atoms with van der Waals surface area (Å²) in [4.78, 5) is 0. The Kier molecular flexibility index (Phi) is 3.81. The first kappa shape index (κ1) is 13.1. The molecule has 0 fully saturated rings. The highest BCUT2D eigenvalue weighted by Gasteiger charge is 2.05. The molecule has 0 saturated carbocycles. The number of halogens is 1. The van der Waals surface area contributed by atoms with Gasteiger partial charge in [-0.1, -0.05) is 0 Å². The van der Waals surface area contributed by atoms with E-state index in [2.05, 4.69) is 5.10 Å². The Labute approximate surface area is 111 Å². The first-order valence-electron chi connectivity index (χ1n) is 5.96. The molecule has 1 aromatic carbocycles. The Balaban J connectivity index is 2.02. The van der Waals surface area contributed by atoms with E-state index >= 15 is 0 Å². The minimum absolute atomic E-state index is 0.0106. The molecule has 0 spiro atoms. The zero-order valence-electron chi connectivity index (χ0n) is 10.8. The maximum atomic E-state index is 13.4. The average Bonchev–Trinajstić information content (AvgIpc) is 2.85. The molecule has 0 bridgehead atoms. The molecule has 2 rings (SSSR count). The number of hydrogen-bond acceptors (Lipinski definition) is 3. The summed E-state index contributed by atoms with van der Waals surface area (Å²) < 4.78 is 20.6. The normalized spacial score (nSPS) is 10.5. The minimum Gasteiger partial charge on any atom is -0.487 e. The maximum absolute atomic E-state index is 13.4. The lowest BCUT2D eigenvalue weighted by Gasteiger charge is -2.06. The lowest BCUT2D eigenvalue weighted by molar-refractivity contribution is 0.297. The topological polar surface area (TPSA) is 50.8 Å². The van der Waals surface area contributed by atoms with Crippen LogP contribution in [0.2, 0.25) is 0 Å². The highest BCUT2D eigenvalue weighted by atomic mass is 19.1. The number of rotatable bonds is 4. The summed E-state index contributed by atoms with van der Waals surface area (Å²) in [5.41, 5.74) is 0.787. The van der Waals surface area contributed by atoms with E-state index in [-0.39, 0.29) is 12.2 Å². The molecule has 5 heteroatoms. The van der Waals surface area contributed by atoms with E-state index in [0.29, 0.717) is 11.8 Å². The van der Waals surface area contributed by atoms with Crippen LogP contribution in [0, 0.1) is 17.1 Å². The molecule has 0 aliphatic rings. The van der Waals surface area contributed by atoms with Crippen LogP contribution in [0.5, 0.6) is 5.75 Å². The number of aromatic nitrogens is 2. The van der Waals surface area contributed by atoms with Crippen LogP contribution in [0.1, 0.15) is 31.1 Å². The molecule has 0 unspecified atom stereocenters. The maximum Gasteiger partial charge on any atom is 0.144 e. The van der Waals surface area contributed by atoms with Crippen molar-refractivity contribution in [2.45, 2.75) is 26.5 Å². The van der Waals surface area contributed by atoms with Crippen LogP contribution in [0.3, 0.4) is 0 Å². The molecule has 0 saturated heterocycles. The average molecular weight is 259 g/mol. The van der Waals surface area contributed by atoms with E-state index in [1.807, 2.05) is 30.8 Å². The molecule has 0 aliphatic carbocycles. The number of ether oxygens (including phenoxy) is 1. The van der Waals surface area contributed by atoms with Crippen molar-refractivity contribution in [2.75, 3.05) is 0 Å². The van der Waals surface area contributed by atoms with Gasteiger partial charge < -0.3 is 4.74 Å².